The Labute approximate surface area is 162 Å². The van der Waals surface area contributed by atoms with E-state index in [4.69, 9.17) is 23.2 Å². The zero-order valence-corrected chi connectivity index (χ0v) is 16.3. The normalized spacial score (nSPS) is 15.8. The fraction of sp³-hybridized carbons (Fsp3) is 0.211. The van der Waals surface area contributed by atoms with E-state index in [1.165, 1.54) is 11.8 Å². The van der Waals surface area contributed by atoms with Gasteiger partial charge in [0.2, 0.25) is 0 Å². The SMILES string of the molecule is CN(C)CCN1C(=O)/C(=C/c2ccc(Cl)cc2Cl)Sc2ccccc21. The summed E-state index contributed by atoms with van der Waals surface area (Å²) in [4.78, 5) is 18.7. The van der Waals surface area contributed by atoms with Crippen molar-refractivity contribution in [1.82, 2.24) is 4.90 Å². The first-order valence-corrected chi connectivity index (χ1v) is 9.43. The molecule has 2 aromatic rings. The maximum Gasteiger partial charge on any atom is 0.265 e. The molecule has 6 heteroatoms. The number of carbonyl (C=O) groups excluding carboxylic acids is 1. The molecule has 1 aliphatic heterocycles. The Morgan fingerprint density at radius 3 is 2.64 bits per heavy atom. The lowest BCUT2D eigenvalue weighted by atomic mass is 10.2. The van der Waals surface area contributed by atoms with Crippen molar-refractivity contribution in [2.45, 2.75) is 4.90 Å². The zero-order valence-electron chi connectivity index (χ0n) is 14.0. The molecule has 2 aromatic carbocycles. The molecule has 1 amide bonds. The maximum atomic E-state index is 13.0. The number of hydrogen-bond donors (Lipinski definition) is 0. The summed E-state index contributed by atoms with van der Waals surface area (Å²) in [5.74, 6) is -0.00318. The van der Waals surface area contributed by atoms with Crippen LogP contribution in [0.2, 0.25) is 10.0 Å². The van der Waals surface area contributed by atoms with Gasteiger partial charge in [-0.15, -0.1) is 0 Å². The van der Waals surface area contributed by atoms with Gasteiger partial charge in [0.1, 0.15) is 0 Å². The number of rotatable bonds is 4. The first-order chi connectivity index (χ1) is 12.0. The van der Waals surface area contributed by atoms with Crippen LogP contribution in [0.5, 0.6) is 0 Å². The number of likely N-dealkylation sites (N-methyl/N-ethyl adjacent to an activating group) is 1. The van der Waals surface area contributed by atoms with Crippen molar-refractivity contribution in [2.24, 2.45) is 0 Å². The molecule has 0 saturated carbocycles. The van der Waals surface area contributed by atoms with Crippen molar-refractivity contribution in [2.75, 3.05) is 32.1 Å². The Kier molecular flexibility index (Phi) is 5.74. The third-order valence-corrected chi connectivity index (χ3v) is 5.49. The maximum absolute atomic E-state index is 13.0. The van der Waals surface area contributed by atoms with Crippen molar-refractivity contribution in [1.29, 1.82) is 0 Å². The minimum Gasteiger partial charge on any atom is -0.308 e. The van der Waals surface area contributed by atoms with Crippen molar-refractivity contribution < 1.29 is 4.79 Å². The highest BCUT2D eigenvalue weighted by Gasteiger charge is 2.28. The van der Waals surface area contributed by atoms with E-state index < -0.39 is 0 Å². The van der Waals surface area contributed by atoms with E-state index in [0.29, 0.717) is 21.5 Å². The highest BCUT2D eigenvalue weighted by atomic mass is 35.5. The molecule has 0 N–H and O–H groups in total. The summed E-state index contributed by atoms with van der Waals surface area (Å²) in [5, 5.41) is 1.11. The highest BCUT2D eigenvalue weighted by Crippen LogP contribution is 2.42. The van der Waals surface area contributed by atoms with E-state index in [1.807, 2.05) is 55.4 Å². The molecule has 3 nitrogen and oxygen atoms in total. The molecule has 0 aliphatic carbocycles. The Balaban J connectivity index is 1.99. The molecule has 0 spiro atoms. The van der Waals surface area contributed by atoms with Gasteiger partial charge in [-0.2, -0.15) is 0 Å². The Hall–Kier alpha value is -1.46. The number of para-hydroxylation sites is 1. The van der Waals surface area contributed by atoms with Crippen LogP contribution in [0.15, 0.2) is 52.3 Å². The molecule has 0 bridgehead atoms. The third-order valence-electron chi connectivity index (χ3n) is 3.85. The summed E-state index contributed by atoms with van der Waals surface area (Å²) in [6, 6.07) is 13.3. The van der Waals surface area contributed by atoms with Crippen LogP contribution in [0.3, 0.4) is 0 Å². The lowest BCUT2D eigenvalue weighted by Crippen LogP contribution is -2.39. The lowest BCUT2D eigenvalue weighted by molar-refractivity contribution is -0.114. The number of nitrogens with zero attached hydrogens (tertiary/aromatic N) is 2. The summed E-state index contributed by atoms with van der Waals surface area (Å²) in [6.45, 7) is 1.43. The van der Waals surface area contributed by atoms with Gasteiger partial charge in [-0.25, -0.2) is 0 Å². The summed E-state index contributed by atoms with van der Waals surface area (Å²) in [7, 11) is 4.00. The van der Waals surface area contributed by atoms with Crippen LogP contribution in [0.25, 0.3) is 6.08 Å². The molecule has 0 saturated heterocycles. The predicted octanol–water partition coefficient (Wildman–Crippen LogP) is 5.03. The summed E-state index contributed by atoms with van der Waals surface area (Å²) in [5.41, 5.74) is 1.74. The van der Waals surface area contributed by atoms with Gasteiger partial charge in [-0.05, 0) is 50.0 Å². The largest absolute Gasteiger partial charge is 0.308 e. The van der Waals surface area contributed by atoms with Crippen LogP contribution in [0.1, 0.15) is 5.56 Å². The van der Waals surface area contributed by atoms with Gasteiger partial charge in [0, 0.05) is 28.0 Å². The standard InChI is InChI=1S/C19H18Cl2N2OS/c1-22(2)9-10-23-16-5-3-4-6-17(16)25-18(19(23)24)11-13-7-8-14(20)12-15(13)21/h3-8,11-12H,9-10H2,1-2H3/b18-11-. The highest BCUT2D eigenvalue weighted by molar-refractivity contribution is 8.04. The fourth-order valence-corrected chi connectivity index (χ4v) is 4.06. The average molecular weight is 393 g/mol. The number of carbonyl (C=O) groups is 1. The van der Waals surface area contributed by atoms with E-state index in [-0.39, 0.29) is 5.91 Å². The van der Waals surface area contributed by atoms with Crippen LogP contribution in [0.4, 0.5) is 5.69 Å². The van der Waals surface area contributed by atoms with E-state index in [0.717, 1.165) is 22.7 Å². The van der Waals surface area contributed by atoms with Crippen molar-refractivity contribution in [3.63, 3.8) is 0 Å². The predicted molar refractivity (Wildman–Crippen MR) is 108 cm³/mol. The smallest absolute Gasteiger partial charge is 0.265 e. The second kappa shape index (κ2) is 7.83. The Morgan fingerprint density at radius 2 is 1.92 bits per heavy atom. The number of benzene rings is 2. The fourth-order valence-electron chi connectivity index (χ4n) is 2.54. The molecule has 0 fully saturated rings. The van der Waals surface area contributed by atoms with Gasteiger partial charge in [-0.1, -0.05) is 53.2 Å². The van der Waals surface area contributed by atoms with E-state index in [9.17, 15) is 4.79 Å². The van der Waals surface area contributed by atoms with Crippen LogP contribution in [0, 0.1) is 0 Å². The van der Waals surface area contributed by atoms with Gasteiger partial charge in [0.15, 0.2) is 0 Å². The van der Waals surface area contributed by atoms with Crippen molar-refractivity contribution in [3.05, 3.63) is 63.0 Å². The molecule has 3 rings (SSSR count). The van der Waals surface area contributed by atoms with Crippen molar-refractivity contribution in [3.8, 4) is 0 Å². The molecular weight excluding hydrogens is 375 g/mol. The second-order valence-corrected chi connectivity index (χ2v) is 7.93. The second-order valence-electron chi connectivity index (χ2n) is 6.00. The minimum absolute atomic E-state index is 0.00318. The van der Waals surface area contributed by atoms with Gasteiger partial charge in [0.25, 0.3) is 5.91 Å². The molecule has 130 valence electrons. The van der Waals surface area contributed by atoms with Crippen LogP contribution < -0.4 is 4.90 Å². The van der Waals surface area contributed by atoms with Crippen LogP contribution in [-0.4, -0.2) is 38.0 Å². The molecule has 1 heterocycles. The number of fused-ring (bicyclic) bond motifs is 1. The number of thioether (sulfide) groups is 1. The monoisotopic (exact) mass is 392 g/mol. The molecule has 0 atom stereocenters. The summed E-state index contributed by atoms with van der Waals surface area (Å²) >= 11 is 13.7. The number of hydrogen-bond acceptors (Lipinski definition) is 3. The first kappa shape index (κ1) is 18.3. The van der Waals surface area contributed by atoms with Gasteiger partial charge in [0.05, 0.1) is 10.6 Å². The Morgan fingerprint density at radius 1 is 1.16 bits per heavy atom. The summed E-state index contributed by atoms with van der Waals surface area (Å²) in [6.07, 6.45) is 1.84. The number of halogens is 2. The van der Waals surface area contributed by atoms with Crippen LogP contribution in [-0.2, 0) is 4.79 Å². The van der Waals surface area contributed by atoms with Crippen LogP contribution >= 0.6 is 35.0 Å². The van der Waals surface area contributed by atoms with E-state index in [1.54, 1.807) is 12.1 Å². The molecular formula is C19H18Cl2N2OS. The molecule has 25 heavy (non-hydrogen) atoms. The minimum atomic E-state index is -0.00318. The zero-order chi connectivity index (χ0) is 18.0. The molecule has 1 aliphatic rings. The molecule has 0 aromatic heterocycles. The molecule has 0 unspecified atom stereocenters. The van der Waals surface area contributed by atoms with E-state index in [2.05, 4.69) is 4.90 Å². The number of anilines is 1. The van der Waals surface area contributed by atoms with E-state index >= 15 is 0 Å². The first-order valence-electron chi connectivity index (χ1n) is 7.86. The number of amides is 1. The topological polar surface area (TPSA) is 23.6 Å². The van der Waals surface area contributed by atoms with Gasteiger partial charge in [-0.3, -0.25) is 4.79 Å². The quantitative estimate of drug-likeness (QED) is 0.681. The van der Waals surface area contributed by atoms with Gasteiger partial charge >= 0.3 is 0 Å². The summed E-state index contributed by atoms with van der Waals surface area (Å²) < 4.78 is 0. The van der Waals surface area contributed by atoms with Crippen molar-refractivity contribution >= 4 is 52.6 Å². The Bertz CT molecular complexity index is 836. The lowest BCUT2D eigenvalue weighted by Gasteiger charge is -2.31. The molecule has 0 radical (unpaired) electrons. The average Bonchev–Trinajstić information content (AvgIpc) is 2.57. The van der Waals surface area contributed by atoms with Gasteiger partial charge < -0.3 is 9.80 Å². The third kappa shape index (κ3) is 4.21.